The molecule has 0 amide bonds. The van der Waals surface area contributed by atoms with E-state index in [0.29, 0.717) is 6.42 Å². The van der Waals surface area contributed by atoms with E-state index in [0.717, 1.165) is 19.3 Å². The number of cyclic esters (lactones) is 1. The van der Waals surface area contributed by atoms with E-state index in [9.17, 15) is 14.4 Å². The van der Waals surface area contributed by atoms with Crippen LogP contribution in [0.15, 0.2) is 12.3 Å². The maximum atomic E-state index is 13.1. The third kappa shape index (κ3) is 5.63. The summed E-state index contributed by atoms with van der Waals surface area (Å²) in [5.74, 6) is -2.69. The number of nitrogens with zero attached hydrogens (tertiary/aromatic N) is 1. The quantitative estimate of drug-likeness (QED) is 0.494. The zero-order chi connectivity index (χ0) is 23.5. The molecule has 176 valence electrons. The van der Waals surface area contributed by atoms with Crippen molar-refractivity contribution in [2.75, 3.05) is 7.11 Å². The number of pyridine rings is 1. The molecule has 3 heterocycles. The molecular formula is C23H31NO8. The van der Waals surface area contributed by atoms with Gasteiger partial charge in [0.2, 0.25) is 5.75 Å². The number of carbonyl (C=O) groups excluding carboxylic acids is 3. The number of methoxy groups -OCH3 is 1. The Morgan fingerprint density at radius 3 is 2.62 bits per heavy atom. The fourth-order valence-corrected chi connectivity index (χ4v) is 4.22. The van der Waals surface area contributed by atoms with E-state index in [1.165, 1.54) is 26.3 Å². The van der Waals surface area contributed by atoms with E-state index < -0.39 is 35.5 Å². The molecule has 2 aliphatic heterocycles. The minimum atomic E-state index is -0.732. The van der Waals surface area contributed by atoms with E-state index in [1.54, 1.807) is 6.92 Å². The Morgan fingerprint density at radius 1 is 1.22 bits per heavy atom. The number of carbonyl (C=O) groups is 3. The number of hydrogen-bond acceptors (Lipinski definition) is 9. The van der Waals surface area contributed by atoms with Crippen molar-refractivity contribution in [1.82, 2.24) is 4.98 Å². The lowest BCUT2D eigenvalue weighted by molar-refractivity contribution is -0.172. The summed E-state index contributed by atoms with van der Waals surface area (Å²) >= 11 is 0. The predicted molar refractivity (Wildman–Crippen MR) is 112 cm³/mol. The van der Waals surface area contributed by atoms with Crippen LogP contribution in [0.4, 0.5) is 0 Å². The Hall–Kier alpha value is -2.52. The summed E-state index contributed by atoms with van der Waals surface area (Å²) in [5.41, 5.74) is -0.0492. The van der Waals surface area contributed by atoms with Crippen LogP contribution in [0, 0.1) is 5.92 Å². The average Bonchev–Trinajstić information content (AvgIpc) is 3.03. The number of hydrogen-bond donors (Lipinski definition) is 0. The molecule has 0 bridgehead atoms. The summed E-state index contributed by atoms with van der Waals surface area (Å²) in [7, 11) is 1.40. The van der Waals surface area contributed by atoms with Crippen LogP contribution in [0.25, 0.3) is 0 Å². The molecule has 0 spiro atoms. The lowest BCUT2D eigenvalue weighted by Gasteiger charge is -2.27. The third-order valence-electron chi connectivity index (χ3n) is 5.64. The number of rotatable bonds is 5. The molecule has 32 heavy (non-hydrogen) atoms. The summed E-state index contributed by atoms with van der Waals surface area (Å²) in [6.07, 6.45) is 3.10. The summed E-state index contributed by atoms with van der Waals surface area (Å²) in [5, 5.41) is 0. The van der Waals surface area contributed by atoms with E-state index in [1.807, 2.05) is 13.8 Å². The fraction of sp³-hybridized carbons (Fsp3) is 0.652. The summed E-state index contributed by atoms with van der Waals surface area (Å²) in [4.78, 5) is 41.6. The molecule has 0 radical (unpaired) electrons. The largest absolute Gasteiger partial charge is 0.493 e. The van der Waals surface area contributed by atoms with Gasteiger partial charge in [-0.1, -0.05) is 12.8 Å². The Bertz CT molecular complexity index is 868. The van der Waals surface area contributed by atoms with Gasteiger partial charge in [-0.3, -0.25) is 14.4 Å². The minimum Gasteiger partial charge on any atom is -0.493 e. The topological polar surface area (TPSA) is 110 Å². The van der Waals surface area contributed by atoms with Gasteiger partial charge in [0, 0.05) is 25.6 Å². The first-order valence-electron chi connectivity index (χ1n) is 10.9. The molecule has 0 unspecified atom stereocenters. The highest BCUT2D eigenvalue weighted by molar-refractivity contribution is 6.00. The van der Waals surface area contributed by atoms with Crippen molar-refractivity contribution in [2.45, 2.75) is 83.9 Å². The van der Waals surface area contributed by atoms with Crippen molar-refractivity contribution in [3.63, 3.8) is 0 Å². The van der Waals surface area contributed by atoms with Crippen LogP contribution in [-0.4, -0.2) is 53.9 Å². The van der Waals surface area contributed by atoms with Crippen molar-refractivity contribution in [1.29, 1.82) is 0 Å². The normalized spacial score (nSPS) is 27.7. The minimum absolute atomic E-state index is 0.0457. The van der Waals surface area contributed by atoms with Crippen molar-refractivity contribution in [2.24, 2.45) is 5.92 Å². The molecule has 0 aliphatic carbocycles. The number of fused-ring (bicyclic) bond motifs is 1. The molecule has 4 atom stereocenters. The van der Waals surface area contributed by atoms with Crippen LogP contribution in [0.2, 0.25) is 0 Å². The highest BCUT2D eigenvalue weighted by atomic mass is 16.8. The average molecular weight is 450 g/mol. The van der Waals surface area contributed by atoms with Gasteiger partial charge in [-0.15, -0.1) is 0 Å². The third-order valence-corrected chi connectivity index (χ3v) is 5.64. The van der Waals surface area contributed by atoms with E-state index in [-0.39, 0.29) is 35.8 Å². The van der Waals surface area contributed by atoms with E-state index in [4.69, 9.17) is 23.7 Å². The van der Waals surface area contributed by atoms with Gasteiger partial charge in [0.05, 0.1) is 19.1 Å². The van der Waals surface area contributed by atoms with Gasteiger partial charge in [-0.05, 0) is 33.6 Å². The lowest BCUT2D eigenvalue weighted by atomic mass is 9.92. The molecule has 1 aromatic heterocycles. The molecule has 3 rings (SSSR count). The molecule has 9 nitrogen and oxygen atoms in total. The Morgan fingerprint density at radius 2 is 1.94 bits per heavy atom. The number of esters is 2. The molecule has 2 aliphatic rings. The van der Waals surface area contributed by atoms with Gasteiger partial charge < -0.3 is 23.7 Å². The van der Waals surface area contributed by atoms with Crippen LogP contribution in [0.3, 0.4) is 0 Å². The molecule has 0 N–H and O–H groups in total. The van der Waals surface area contributed by atoms with Gasteiger partial charge in [0.25, 0.3) is 0 Å². The maximum Gasteiger partial charge on any atom is 0.309 e. The molecule has 2 fully saturated rings. The molecule has 9 heteroatoms. The monoisotopic (exact) mass is 449 g/mol. The molecule has 1 aromatic rings. The van der Waals surface area contributed by atoms with Crippen molar-refractivity contribution in [3.8, 4) is 11.5 Å². The lowest BCUT2D eigenvalue weighted by Crippen LogP contribution is -2.39. The van der Waals surface area contributed by atoms with E-state index >= 15 is 0 Å². The Kier molecular flexibility index (Phi) is 7.51. The second-order valence-electron chi connectivity index (χ2n) is 8.67. The standard InChI is InChI=1S/C23H31NO8/c1-13-20-18(31-23(3,4)32-20)9-7-6-8-15(22(27)29-13)12-16(26)19-21(30-14(2)25)17(28-5)10-11-24-19/h10-11,13,15,18,20H,6-9,12H2,1-5H3/t13-,15+,18-,20-/m0/s1. The summed E-state index contributed by atoms with van der Waals surface area (Å²) in [6.45, 7) is 6.70. The Balaban J connectivity index is 1.77. The maximum absolute atomic E-state index is 13.1. The molecule has 2 saturated heterocycles. The first-order chi connectivity index (χ1) is 15.1. The van der Waals surface area contributed by atoms with Gasteiger partial charge >= 0.3 is 11.9 Å². The zero-order valence-electron chi connectivity index (χ0n) is 19.2. The summed E-state index contributed by atoms with van der Waals surface area (Å²) < 4.78 is 28.0. The van der Waals surface area contributed by atoms with Crippen LogP contribution >= 0.6 is 0 Å². The fourth-order valence-electron chi connectivity index (χ4n) is 4.22. The highest BCUT2D eigenvalue weighted by Crippen LogP contribution is 2.36. The van der Waals surface area contributed by atoms with Gasteiger partial charge in [-0.25, -0.2) is 4.98 Å². The van der Waals surface area contributed by atoms with E-state index in [2.05, 4.69) is 4.98 Å². The molecule has 0 saturated carbocycles. The van der Waals surface area contributed by atoms with Gasteiger partial charge in [0.15, 0.2) is 23.0 Å². The molecular weight excluding hydrogens is 418 g/mol. The number of ether oxygens (including phenoxy) is 5. The smallest absolute Gasteiger partial charge is 0.309 e. The van der Waals surface area contributed by atoms with Crippen molar-refractivity contribution < 1.29 is 38.1 Å². The molecule has 0 aromatic carbocycles. The first kappa shape index (κ1) is 24.1. The number of aromatic nitrogens is 1. The van der Waals surface area contributed by atoms with Crippen molar-refractivity contribution >= 4 is 17.7 Å². The van der Waals surface area contributed by atoms with Crippen LogP contribution < -0.4 is 9.47 Å². The Labute approximate surface area is 187 Å². The van der Waals surface area contributed by atoms with Crippen LogP contribution in [-0.2, 0) is 23.8 Å². The summed E-state index contributed by atoms with van der Waals surface area (Å²) in [6, 6.07) is 1.50. The highest BCUT2D eigenvalue weighted by Gasteiger charge is 2.45. The second-order valence-corrected chi connectivity index (χ2v) is 8.67. The van der Waals surface area contributed by atoms with Crippen LogP contribution in [0.1, 0.15) is 70.3 Å². The first-order valence-corrected chi connectivity index (χ1v) is 10.9. The van der Waals surface area contributed by atoms with Crippen LogP contribution in [0.5, 0.6) is 11.5 Å². The van der Waals surface area contributed by atoms with Crippen molar-refractivity contribution in [3.05, 3.63) is 18.0 Å². The predicted octanol–water partition coefficient (Wildman–Crippen LogP) is 3.23. The SMILES string of the molecule is COc1ccnc(C(=O)C[C@H]2CCCC[C@@H]3OC(C)(C)O[C@H]3[C@H](C)OC2=O)c1OC(C)=O. The zero-order valence-corrected chi connectivity index (χ0v) is 19.2. The number of ketones is 1. The van der Waals surface area contributed by atoms with Gasteiger partial charge in [-0.2, -0.15) is 0 Å². The van der Waals surface area contributed by atoms with Gasteiger partial charge in [0.1, 0.15) is 12.2 Å². The number of Topliss-reactive ketones (excluding diaryl/α,β-unsaturated/α-hetero) is 1. The second kappa shape index (κ2) is 9.95.